The number of pyridine rings is 1. The van der Waals surface area contributed by atoms with E-state index in [1.165, 1.54) is 6.20 Å². The van der Waals surface area contributed by atoms with Crippen molar-refractivity contribution in [3.8, 4) is 17.0 Å². The number of morpholine rings is 1. The van der Waals surface area contributed by atoms with Gasteiger partial charge in [-0.25, -0.2) is 0 Å². The van der Waals surface area contributed by atoms with Gasteiger partial charge in [0.2, 0.25) is 0 Å². The molecule has 0 amide bonds. The van der Waals surface area contributed by atoms with E-state index in [0.29, 0.717) is 17.9 Å². The molecule has 4 N–H and O–H groups in total. The molecule has 0 radical (unpaired) electrons. The smallest absolute Gasteiger partial charge is 0.257 e. The Kier molecular flexibility index (Phi) is 4.64. The summed E-state index contributed by atoms with van der Waals surface area (Å²) in [7, 11) is 0. The molecule has 7 heteroatoms. The van der Waals surface area contributed by atoms with Gasteiger partial charge in [0.1, 0.15) is 12.4 Å². The lowest BCUT2D eigenvalue weighted by Gasteiger charge is -2.26. The van der Waals surface area contributed by atoms with E-state index in [9.17, 15) is 4.79 Å². The van der Waals surface area contributed by atoms with E-state index in [1.54, 1.807) is 6.07 Å². The van der Waals surface area contributed by atoms with Gasteiger partial charge < -0.3 is 25.2 Å². The van der Waals surface area contributed by atoms with Crippen LogP contribution in [0.4, 0.5) is 5.69 Å². The number of benzene rings is 1. The van der Waals surface area contributed by atoms with Crippen LogP contribution in [0.15, 0.2) is 41.3 Å². The molecule has 26 heavy (non-hydrogen) atoms. The highest BCUT2D eigenvalue weighted by molar-refractivity contribution is 5.87. The molecule has 1 aliphatic rings. The van der Waals surface area contributed by atoms with Gasteiger partial charge in [0.25, 0.3) is 5.56 Å². The molecule has 136 valence electrons. The van der Waals surface area contributed by atoms with Gasteiger partial charge in [-0.2, -0.15) is 0 Å². The van der Waals surface area contributed by atoms with Crippen molar-refractivity contribution in [1.29, 1.82) is 0 Å². The zero-order valence-corrected chi connectivity index (χ0v) is 14.5. The van der Waals surface area contributed by atoms with Crippen LogP contribution in [0.25, 0.3) is 22.2 Å². The summed E-state index contributed by atoms with van der Waals surface area (Å²) in [6, 6.07) is 9.49. The molecule has 1 fully saturated rings. The van der Waals surface area contributed by atoms with Crippen LogP contribution >= 0.6 is 0 Å². The van der Waals surface area contributed by atoms with Crippen molar-refractivity contribution < 1.29 is 9.47 Å². The van der Waals surface area contributed by atoms with E-state index in [4.69, 9.17) is 15.2 Å². The number of ether oxygens (including phenoxy) is 2. The molecular weight excluding hydrogens is 332 g/mol. The van der Waals surface area contributed by atoms with Gasteiger partial charge in [0.15, 0.2) is 0 Å². The van der Waals surface area contributed by atoms with Crippen LogP contribution < -0.4 is 16.0 Å². The Morgan fingerprint density at radius 2 is 2.04 bits per heavy atom. The second-order valence-corrected chi connectivity index (χ2v) is 6.41. The van der Waals surface area contributed by atoms with E-state index in [0.717, 1.165) is 55.2 Å². The molecule has 7 nitrogen and oxygen atoms in total. The molecule has 1 aliphatic heterocycles. The molecule has 1 saturated heterocycles. The van der Waals surface area contributed by atoms with E-state index in [1.807, 2.05) is 24.3 Å². The summed E-state index contributed by atoms with van der Waals surface area (Å²) in [6.45, 7) is 5.02. The fourth-order valence-electron chi connectivity index (χ4n) is 3.16. The van der Waals surface area contributed by atoms with E-state index < -0.39 is 0 Å². The molecule has 4 rings (SSSR count). The minimum Gasteiger partial charge on any atom is -0.492 e. The van der Waals surface area contributed by atoms with Gasteiger partial charge in [-0.05, 0) is 30.3 Å². The average molecular weight is 354 g/mol. The normalized spacial score (nSPS) is 15.4. The Morgan fingerprint density at radius 3 is 2.88 bits per heavy atom. The Labute approximate surface area is 150 Å². The number of nitrogens with two attached hydrogens (primary N) is 1. The molecule has 0 atom stereocenters. The Hall–Kier alpha value is -2.77. The van der Waals surface area contributed by atoms with Crippen LogP contribution in [0.2, 0.25) is 0 Å². The number of aromatic nitrogens is 2. The summed E-state index contributed by atoms with van der Waals surface area (Å²) in [5, 5.41) is 0.991. The van der Waals surface area contributed by atoms with Crippen molar-refractivity contribution in [3.63, 3.8) is 0 Å². The van der Waals surface area contributed by atoms with Gasteiger partial charge in [0.05, 0.1) is 24.5 Å². The van der Waals surface area contributed by atoms with Crippen LogP contribution in [0.1, 0.15) is 0 Å². The third kappa shape index (κ3) is 3.58. The summed E-state index contributed by atoms with van der Waals surface area (Å²) in [5.41, 5.74) is 8.34. The molecule has 0 bridgehead atoms. The summed E-state index contributed by atoms with van der Waals surface area (Å²) >= 11 is 0. The number of nitrogens with one attached hydrogen (secondary N) is 2. The third-order valence-electron chi connectivity index (χ3n) is 4.59. The molecule has 3 heterocycles. The largest absolute Gasteiger partial charge is 0.492 e. The fourth-order valence-corrected chi connectivity index (χ4v) is 3.16. The van der Waals surface area contributed by atoms with Crippen LogP contribution in [0, 0.1) is 0 Å². The Bertz CT molecular complexity index is 957. The molecule has 0 aliphatic carbocycles. The SMILES string of the molecule is Nc1c[nH]c(=O)c(-c2cc3cc(OCCN4CCOCC4)ccc3[nH]2)c1. The van der Waals surface area contributed by atoms with Crippen molar-refractivity contribution in [3.05, 3.63) is 46.9 Å². The standard InChI is InChI=1S/C19H22N4O3/c20-14-11-16(19(24)21-12-14)18-10-13-9-15(1-2-17(13)22-18)26-8-5-23-3-6-25-7-4-23/h1-2,9-12,22H,3-8,20H2,(H,21,24). The van der Waals surface area contributed by atoms with Crippen LogP contribution in [0.5, 0.6) is 5.75 Å². The number of rotatable bonds is 5. The second kappa shape index (κ2) is 7.23. The predicted octanol–water partition coefficient (Wildman–Crippen LogP) is 1.82. The molecule has 0 saturated carbocycles. The van der Waals surface area contributed by atoms with Crippen molar-refractivity contribution in [2.75, 3.05) is 45.2 Å². The topological polar surface area (TPSA) is 96.4 Å². The average Bonchev–Trinajstić information content (AvgIpc) is 3.08. The van der Waals surface area contributed by atoms with Gasteiger partial charge >= 0.3 is 0 Å². The minimum atomic E-state index is -0.173. The highest BCUT2D eigenvalue weighted by Gasteiger charge is 2.11. The zero-order valence-electron chi connectivity index (χ0n) is 14.5. The Morgan fingerprint density at radius 1 is 1.19 bits per heavy atom. The maximum absolute atomic E-state index is 12.0. The number of fused-ring (bicyclic) bond motifs is 1. The first-order valence-corrected chi connectivity index (χ1v) is 8.73. The van der Waals surface area contributed by atoms with Crippen molar-refractivity contribution in [2.45, 2.75) is 0 Å². The summed E-state index contributed by atoms with van der Waals surface area (Å²) in [5.74, 6) is 0.817. The first-order valence-electron chi connectivity index (χ1n) is 8.73. The summed E-state index contributed by atoms with van der Waals surface area (Å²) in [6.07, 6.45) is 1.49. The molecule has 0 spiro atoms. The molecular formula is C19H22N4O3. The molecule has 2 aromatic heterocycles. The van der Waals surface area contributed by atoms with E-state index in [-0.39, 0.29) is 5.56 Å². The number of hydrogen-bond donors (Lipinski definition) is 3. The number of aromatic amines is 2. The fraction of sp³-hybridized carbons (Fsp3) is 0.316. The second-order valence-electron chi connectivity index (χ2n) is 6.41. The van der Waals surface area contributed by atoms with Crippen LogP contribution in [0.3, 0.4) is 0 Å². The number of hydrogen-bond acceptors (Lipinski definition) is 5. The van der Waals surface area contributed by atoms with Gasteiger partial charge in [-0.3, -0.25) is 9.69 Å². The quantitative estimate of drug-likeness (QED) is 0.649. The van der Waals surface area contributed by atoms with E-state index >= 15 is 0 Å². The minimum absolute atomic E-state index is 0.173. The van der Waals surface area contributed by atoms with Crippen molar-refractivity contribution in [2.24, 2.45) is 0 Å². The van der Waals surface area contributed by atoms with E-state index in [2.05, 4.69) is 14.9 Å². The van der Waals surface area contributed by atoms with Crippen LogP contribution in [-0.4, -0.2) is 54.3 Å². The number of nitrogen functional groups attached to an aromatic ring is 1. The molecule has 0 unspecified atom stereocenters. The zero-order chi connectivity index (χ0) is 17.9. The number of H-pyrrole nitrogens is 2. The maximum atomic E-state index is 12.0. The van der Waals surface area contributed by atoms with Crippen molar-refractivity contribution in [1.82, 2.24) is 14.9 Å². The van der Waals surface area contributed by atoms with Crippen LogP contribution in [-0.2, 0) is 4.74 Å². The lowest BCUT2D eigenvalue weighted by molar-refractivity contribution is 0.0322. The van der Waals surface area contributed by atoms with Gasteiger partial charge in [-0.15, -0.1) is 0 Å². The van der Waals surface area contributed by atoms with Gasteiger partial charge in [-0.1, -0.05) is 0 Å². The number of anilines is 1. The number of nitrogens with zero attached hydrogens (tertiary/aromatic N) is 1. The third-order valence-corrected chi connectivity index (χ3v) is 4.59. The first kappa shape index (κ1) is 16.7. The summed E-state index contributed by atoms with van der Waals surface area (Å²) < 4.78 is 11.2. The lowest BCUT2D eigenvalue weighted by atomic mass is 10.2. The molecule has 1 aromatic carbocycles. The first-order chi connectivity index (χ1) is 12.7. The highest BCUT2D eigenvalue weighted by atomic mass is 16.5. The predicted molar refractivity (Wildman–Crippen MR) is 102 cm³/mol. The summed E-state index contributed by atoms with van der Waals surface area (Å²) in [4.78, 5) is 20.3. The lowest BCUT2D eigenvalue weighted by Crippen LogP contribution is -2.38. The highest BCUT2D eigenvalue weighted by Crippen LogP contribution is 2.26. The monoisotopic (exact) mass is 354 g/mol. The van der Waals surface area contributed by atoms with Crippen molar-refractivity contribution >= 4 is 16.6 Å². The Balaban J connectivity index is 1.48. The maximum Gasteiger partial charge on any atom is 0.257 e. The molecule has 3 aromatic rings. The van der Waals surface area contributed by atoms with Gasteiger partial charge in [0, 0.05) is 42.4 Å².